The van der Waals surface area contributed by atoms with Crippen LogP contribution in [0.15, 0.2) is 70.0 Å². The van der Waals surface area contributed by atoms with Crippen molar-refractivity contribution in [2.45, 2.75) is 16.4 Å². The largest absolute Gasteiger partial charge is 0.487 e. The van der Waals surface area contributed by atoms with Crippen molar-refractivity contribution in [3.8, 4) is 5.75 Å². The Morgan fingerprint density at radius 2 is 1.95 bits per heavy atom. The first-order chi connectivity index (χ1) is 17.9. The van der Waals surface area contributed by atoms with E-state index in [1.54, 1.807) is 17.8 Å². The monoisotopic (exact) mass is 604 g/mol. The number of anilines is 1. The SMILES string of the molecule is CN1CCN(C(NC(=O)c2c(Br)ccc(OCC3Nc4cc(Cl)ccc4S3)c2F)c2ccccc2)CC1. The molecule has 6 nitrogen and oxygen atoms in total. The zero-order chi connectivity index (χ0) is 25.9. The molecule has 1 fully saturated rings. The van der Waals surface area contributed by atoms with E-state index in [9.17, 15) is 4.79 Å². The smallest absolute Gasteiger partial charge is 0.257 e. The maximum absolute atomic E-state index is 15.6. The molecule has 3 aromatic carbocycles. The summed E-state index contributed by atoms with van der Waals surface area (Å²) < 4.78 is 21.8. The van der Waals surface area contributed by atoms with Crippen LogP contribution in [0.1, 0.15) is 22.1 Å². The second-order valence-electron chi connectivity index (χ2n) is 9.06. The number of hydrogen-bond donors (Lipinski definition) is 2. The summed E-state index contributed by atoms with van der Waals surface area (Å²) in [6, 6.07) is 18.6. The number of carbonyl (C=O) groups excluding carboxylic acids is 1. The second-order valence-corrected chi connectivity index (χ2v) is 11.6. The number of fused-ring (bicyclic) bond motifs is 1. The van der Waals surface area contributed by atoms with E-state index in [2.05, 4.69) is 43.4 Å². The highest BCUT2D eigenvalue weighted by Gasteiger charge is 2.29. The van der Waals surface area contributed by atoms with Gasteiger partial charge in [-0.3, -0.25) is 9.69 Å². The Morgan fingerprint density at radius 3 is 2.70 bits per heavy atom. The molecule has 194 valence electrons. The molecule has 0 saturated carbocycles. The topological polar surface area (TPSA) is 56.8 Å². The van der Waals surface area contributed by atoms with E-state index in [0.29, 0.717) is 9.50 Å². The van der Waals surface area contributed by atoms with Crippen molar-refractivity contribution >= 4 is 50.9 Å². The van der Waals surface area contributed by atoms with Gasteiger partial charge in [-0.2, -0.15) is 0 Å². The van der Waals surface area contributed by atoms with Gasteiger partial charge in [-0.15, -0.1) is 0 Å². The van der Waals surface area contributed by atoms with E-state index in [4.69, 9.17) is 16.3 Å². The number of carbonyl (C=O) groups is 1. The fourth-order valence-corrected chi connectivity index (χ4v) is 6.14. The first kappa shape index (κ1) is 26.3. The molecular weight excluding hydrogens is 579 g/mol. The highest BCUT2D eigenvalue weighted by Crippen LogP contribution is 2.40. The first-order valence-corrected chi connectivity index (χ1v) is 14.1. The molecular formula is C27H27BrClFN4O2S. The van der Waals surface area contributed by atoms with Crippen LogP contribution in [0, 0.1) is 5.82 Å². The molecule has 0 radical (unpaired) electrons. The van der Waals surface area contributed by atoms with Crippen LogP contribution in [0.2, 0.25) is 5.02 Å². The second kappa shape index (κ2) is 11.6. The van der Waals surface area contributed by atoms with Gasteiger partial charge < -0.3 is 20.3 Å². The lowest BCUT2D eigenvalue weighted by Crippen LogP contribution is -2.50. The third kappa shape index (κ3) is 6.07. The van der Waals surface area contributed by atoms with Gasteiger partial charge in [-0.1, -0.05) is 53.7 Å². The van der Waals surface area contributed by atoms with Crippen molar-refractivity contribution in [2.75, 3.05) is 45.2 Å². The van der Waals surface area contributed by atoms with Gasteiger partial charge in [0.25, 0.3) is 5.91 Å². The van der Waals surface area contributed by atoms with Gasteiger partial charge in [0.05, 0.1) is 11.3 Å². The number of nitrogens with zero attached hydrogens (tertiary/aromatic N) is 2. The number of piperazine rings is 1. The van der Waals surface area contributed by atoms with Gasteiger partial charge in [0.1, 0.15) is 18.1 Å². The lowest BCUT2D eigenvalue weighted by Gasteiger charge is -2.38. The third-order valence-corrected chi connectivity index (χ3v) is 8.53. The van der Waals surface area contributed by atoms with Crippen LogP contribution in [0.25, 0.3) is 0 Å². The van der Waals surface area contributed by atoms with E-state index >= 15 is 4.39 Å². The Labute approximate surface area is 233 Å². The normalized spacial score (nSPS) is 18.6. The molecule has 0 aliphatic carbocycles. The van der Waals surface area contributed by atoms with Crippen molar-refractivity contribution in [1.29, 1.82) is 0 Å². The predicted molar refractivity (Wildman–Crippen MR) is 150 cm³/mol. The Morgan fingerprint density at radius 1 is 1.19 bits per heavy atom. The number of amides is 1. The average Bonchev–Trinajstić information content (AvgIpc) is 3.30. The summed E-state index contributed by atoms with van der Waals surface area (Å²) in [4.78, 5) is 19.0. The lowest BCUT2D eigenvalue weighted by molar-refractivity contribution is 0.0715. The molecule has 2 aliphatic rings. The number of likely N-dealkylation sites (N-methyl/N-ethyl adjacent to an activating group) is 1. The van der Waals surface area contributed by atoms with Crippen LogP contribution < -0.4 is 15.4 Å². The molecule has 5 rings (SSSR count). The van der Waals surface area contributed by atoms with Gasteiger partial charge in [-0.25, -0.2) is 4.39 Å². The third-order valence-electron chi connectivity index (χ3n) is 6.49. The van der Waals surface area contributed by atoms with Gasteiger partial charge in [-0.05, 0) is 58.9 Å². The fraction of sp³-hybridized carbons (Fsp3) is 0.296. The summed E-state index contributed by atoms with van der Waals surface area (Å²) in [5.41, 5.74) is 1.81. The molecule has 37 heavy (non-hydrogen) atoms. The van der Waals surface area contributed by atoms with E-state index in [0.717, 1.165) is 42.3 Å². The van der Waals surface area contributed by atoms with E-state index in [1.165, 1.54) is 6.07 Å². The first-order valence-electron chi connectivity index (χ1n) is 12.0. The minimum absolute atomic E-state index is 0.0283. The highest BCUT2D eigenvalue weighted by atomic mass is 79.9. The van der Waals surface area contributed by atoms with Crippen molar-refractivity contribution in [3.63, 3.8) is 0 Å². The summed E-state index contributed by atoms with van der Waals surface area (Å²) >= 11 is 11.0. The zero-order valence-electron chi connectivity index (χ0n) is 20.2. The predicted octanol–water partition coefficient (Wildman–Crippen LogP) is 5.84. The molecule has 0 spiro atoms. The number of ether oxygens (including phenoxy) is 1. The Balaban J connectivity index is 1.31. The van der Waals surface area contributed by atoms with Crippen LogP contribution in [0.5, 0.6) is 5.75 Å². The van der Waals surface area contributed by atoms with Gasteiger partial charge in [0, 0.05) is 40.6 Å². The molecule has 2 unspecified atom stereocenters. The van der Waals surface area contributed by atoms with Crippen LogP contribution >= 0.6 is 39.3 Å². The van der Waals surface area contributed by atoms with E-state index in [-0.39, 0.29) is 29.5 Å². The van der Waals surface area contributed by atoms with Crippen LogP contribution in [-0.4, -0.2) is 60.9 Å². The highest BCUT2D eigenvalue weighted by molar-refractivity contribution is 9.10. The Bertz CT molecular complexity index is 1280. The maximum Gasteiger partial charge on any atom is 0.257 e. The zero-order valence-corrected chi connectivity index (χ0v) is 23.4. The number of rotatable bonds is 7. The lowest BCUT2D eigenvalue weighted by atomic mass is 10.1. The molecule has 3 aromatic rings. The Kier molecular flexibility index (Phi) is 8.26. The van der Waals surface area contributed by atoms with Crippen molar-refractivity contribution in [3.05, 3.63) is 87.1 Å². The van der Waals surface area contributed by atoms with Gasteiger partial charge >= 0.3 is 0 Å². The summed E-state index contributed by atoms with van der Waals surface area (Å²) in [5.74, 6) is -1.17. The minimum atomic E-state index is -0.694. The van der Waals surface area contributed by atoms with Crippen LogP contribution in [0.4, 0.5) is 10.1 Å². The number of benzene rings is 3. The molecule has 1 amide bonds. The summed E-state index contributed by atoms with van der Waals surface area (Å²) in [6.07, 6.45) is -0.373. The molecule has 2 aliphatic heterocycles. The summed E-state index contributed by atoms with van der Waals surface area (Å²) in [6.45, 7) is 3.59. The van der Waals surface area contributed by atoms with Crippen molar-refractivity contribution < 1.29 is 13.9 Å². The molecule has 0 aromatic heterocycles. The summed E-state index contributed by atoms with van der Waals surface area (Å²) in [7, 11) is 2.08. The molecule has 0 bridgehead atoms. The van der Waals surface area contributed by atoms with Gasteiger partial charge in [0.2, 0.25) is 0 Å². The number of hydrogen-bond acceptors (Lipinski definition) is 6. The fourth-order valence-electron chi connectivity index (χ4n) is 4.47. The molecule has 1 saturated heterocycles. The van der Waals surface area contributed by atoms with Gasteiger partial charge in [0.15, 0.2) is 11.6 Å². The minimum Gasteiger partial charge on any atom is -0.487 e. The molecule has 2 N–H and O–H groups in total. The van der Waals surface area contributed by atoms with E-state index in [1.807, 2.05) is 48.5 Å². The average molecular weight is 606 g/mol. The molecule has 2 atom stereocenters. The van der Waals surface area contributed by atoms with Crippen LogP contribution in [-0.2, 0) is 0 Å². The number of thioether (sulfide) groups is 1. The van der Waals surface area contributed by atoms with Crippen molar-refractivity contribution in [2.24, 2.45) is 0 Å². The van der Waals surface area contributed by atoms with Crippen molar-refractivity contribution in [1.82, 2.24) is 15.1 Å². The maximum atomic E-state index is 15.6. The number of halogens is 3. The number of nitrogens with one attached hydrogen (secondary N) is 2. The quantitative estimate of drug-likeness (QED) is 0.353. The molecule has 10 heteroatoms. The molecule has 2 heterocycles. The summed E-state index contributed by atoms with van der Waals surface area (Å²) in [5, 5.41) is 6.95. The van der Waals surface area contributed by atoms with E-state index < -0.39 is 11.7 Å². The standard InChI is InChI=1S/C27H27BrClFN4O2S/c1-33-11-13-34(14-12-33)26(17-5-3-2-4-6-17)32-27(35)24-19(28)8-9-21(25(24)30)36-16-23-31-20-15-18(29)7-10-22(20)37-23/h2-10,15,23,26,31H,11-14,16H2,1H3,(H,32,35). The Hall–Kier alpha value is -2.30. The van der Waals surface area contributed by atoms with Crippen LogP contribution in [0.3, 0.4) is 0 Å².